The number of aromatic amines is 1. The first kappa shape index (κ1) is 9.09. The lowest BCUT2D eigenvalue weighted by Gasteiger charge is -1.95. The van der Waals surface area contributed by atoms with Gasteiger partial charge in [-0.2, -0.15) is 0 Å². The molecule has 0 saturated heterocycles. The summed E-state index contributed by atoms with van der Waals surface area (Å²) in [5.74, 6) is 0.993. The van der Waals surface area contributed by atoms with Gasteiger partial charge in [-0.15, -0.1) is 0 Å². The van der Waals surface area contributed by atoms with Crippen LogP contribution in [-0.2, 0) is 6.42 Å². The number of benzene rings is 1. The van der Waals surface area contributed by atoms with Crippen LogP contribution in [0.2, 0.25) is 0 Å². The highest BCUT2D eigenvalue weighted by Crippen LogP contribution is 2.12. The third-order valence-corrected chi connectivity index (χ3v) is 2.56. The summed E-state index contributed by atoms with van der Waals surface area (Å²) in [5.41, 5.74) is 3.33. The van der Waals surface area contributed by atoms with Crippen molar-refractivity contribution < 1.29 is 0 Å². The van der Waals surface area contributed by atoms with Crippen molar-refractivity contribution in [3.8, 4) is 0 Å². The molecule has 3 rings (SSSR count). The lowest BCUT2D eigenvalue weighted by molar-refractivity contribution is 1.03. The smallest absolute Gasteiger partial charge is 0.111 e. The van der Waals surface area contributed by atoms with Gasteiger partial charge in [0.15, 0.2) is 0 Å². The van der Waals surface area contributed by atoms with Crippen molar-refractivity contribution in [1.82, 2.24) is 15.0 Å². The second-order valence-electron chi connectivity index (χ2n) is 3.73. The lowest BCUT2D eigenvalue weighted by atomic mass is 10.2. The van der Waals surface area contributed by atoms with Crippen LogP contribution in [0, 0.1) is 0 Å². The van der Waals surface area contributed by atoms with Gasteiger partial charge in [-0.3, -0.25) is 4.98 Å². The Bertz CT molecular complexity index is 566. The third kappa shape index (κ3) is 1.67. The number of hydrogen-bond donors (Lipinski definition) is 1. The SMILES string of the molecule is c1ccc2[nH]c(Cc3ccncc3)nc2c1. The molecule has 0 spiro atoms. The Morgan fingerprint density at radius 2 is 1.81 bits per heavy atom. The fourth-order valence-electron chi connectivity index (χ4n) is 1.78. The average Bonchev–Trinajstić information content (AvgIpc) is 2.72. The summed E-state index contributed by atoms with van der Waals surface area (Å²) in [6.07, 6.45) is 4.42. The first-order valence-electron chi connectivity index (χ1n) is 5.24. The van der Waals surface area contributed by atoms with E-state index >= 15 is 0 Å². The van der Waals surface area contributed by atoms with Crippen LogP contribution in [-0.4, -0.2) is 15.0 Å². The largest absolute Gasteiger partial charge is 0.342 e. The standard InChI is InChI=1S/C13H11N3/c1-2-4-12-11(3-1)15-13(16-12)9-10-5-7-14-8-6-10/h1-8H,9H2,(H,15,16). The summed E-state index contributed by atoms with van der Waals surface area (Å²) in [6.45, 7) is 0. The van der Waals surface area contributed by atoms with Crippen molar-refractivity contribution in [2.75, 3.05) is 0 Å². The second kappa shape index (κ2) is 3.77. The molecule has 0 unspecified atom stereocenters. The highest BCUT2D eigenvalue weighted by Gasteiger charge is 2.02. The minimum absolute atomic E-state index is 0.817. The van der Waals surface area contributed by atoms with E-state index in [-0.39, 0.29) is 0 Å². The van der Waals surface area contributed by atoms with E-state index in [1.54, 1.807) is 12.4 Å². The Kier molecular flexibility index (Phi) is 2.14. The second-order valence-corrected chi connectivity index (χ2v) is 3.73. The zero-order chi connectivity index (χ0) is 10.8. The Balaban J connectivity index is 1.95. The molecule has 3 nitrogen and oxygen atoms in total. The average molecular weight is 209 g/mol. The van der Waals surface area contributed by atoms with E-state index in [0.29, 0.717) is 0 Å². The molecule has 0 saturated carbocycles. The van der Waals surface area contributed by atoms with E-state index in [9.17, 15) is 0 Å². The Morgan fingerprint density at radius 3 is 2.62 bits per heavy atom. The molecule has 0 fully saturated rings. The molecule has 3 heteroatoms. The first-order valence-corrected chi connectivity index (χ1v) is 5.24. The van der Waals surface area contributed by atoms with E-state index in [2.05, 4.69) is 15.0 Å². The van der Waals surface area contributed by atoms with Crippen LogP contribution < -0.4 is 0 Å². The van der Waals surface area contributed by atoms with Crippen LogP contribution >= 0.6 is 0 Å². The molecule has 3 aromatic rings. The molecule has 0 radical (unpaired) electrons. The predicted molar refractivity (Wildman–Crippen MR) is 63.1 cm³/mol. The zero-order valence-electron chi connectivity index (χ0n) is 8.72. The molecule has 0 atom stereocenters. The van der Waals surface area contributed by atoms with Gasteiger partial charge in [-0.25, -0.2) is 4.98 Å². The molecule has 1 aromatic carbocycles. The number of nitrogens with one attached hydrogen (secondary N) is 1. The van der Waals surface area contributed by atoms with Crippen molar-refractivity contribution in [2.45, 2.75) is 6.42 Å². The monoisotopic (exact) mass is 209 g/mol. The summed E-state index contributed by atoms with van der Waals surface area (Å²) in [7, 11) is 0. The van der Waals surface area contributed by atoms with Crippen LogP contribution in [0.15, 0.2) is 48.8 Å². The van der Waals surface area contributed by atoms with Gasteiger partial charge in [-0.1, -0.05) is 12.1 Å². The Labute approximate surface area is 93.2 Å². The van der Waals surface area contributed by atoms with E-state index in [4.69, 9.17) is 0 Å². The third-order valence-electron chi connectivity index (χ3n) is 2.56. The number of pyridine rings is 1. The minimum atomic E-state index is 0.817. The van der Waals surface area contributed by atoms with Gasteiger partial charge in [0.25, 0.3) is 0 Å². The van der Waals surface area contributed by atoms with Crippen LogP contribution in [0.1, 0.15) is 11.4 Å². The molecule has 1 N–H and O–H groups in total. The summed E-state index contributed by atoms with van der Waals surface area (Å²) in [6, 6.07) is 12.1. The van der Waals surface area contributed by atoms with E-state index in [0.717, 1.165) is 23.3 Å². The van der Waals surface area contributed by atoms with E-state index in [1.165, 1.54) is 5.56 Å². The fraction of sp³-hybridized carbons (Fsp3) is 0.0769. The number of H-pyrrole nitrogens is 1. The molecule has 2 aromatic heterocycles. The van der Waals surface area contributed by atoms with Crippen molar-refractivity contribution >= 4 is 11.0 Å². The molecule has 0 aliphatic carbocycles. The Morgan fingerprint density at radius 1 is 1.00 bits per heavy atom. The van der Waals surface area contributed by atoms with Crippen LogP contribution in [0.25, 0.3) is 11.0 Å². The van der Waals surface area contributed by atoms with Crippen LogP contribution in [0.5, 0.6) is 0 Å². The fourth-order valence-corrected chi connectivity index (χ4v) is 1.78. The number of fused-ring (bicyclic) bond motifs is 1. The Hall–Kier alpha value is -2.16. The molecular formula is C13H11N3. The van der Waals surface area contributed by atoms with Gasteiger partial charge in [-0.05, 0) is 29.8 Å². The van der Waals surface area contributed by atoms with Crippen molar-refractivity contribution in [2.24, 2.45) is 0 Å². The van der Waals surface area contributed by atoms with Crippen LogP contribution in [0.4, 0.5) is 0 Å². The van der Waals surface area contributed by atoms with Crippen molar-refractivity contribution in [1.29, 1.82) is 0 Å². The molecule has 0 aliphatic rings. The van der Waals surface area contributed by atoms with Gasteiger partial charge >= 0.3 is 0 Å². The zero-order valence-corrected chi connectivity index (χ0v) is 8.72. The van der Waals surface area contributed by atoms with E-state index in [1.807, 2.05) is 36.4 Å². The quantitative estimate of drug-likeness (QED) is 0.704. The molecule has 78 valence electrons. The molecule has 0 amide bonds. The topological polar surface area (TPSA) is 41.6 Å². The highest BCUT2D eigenvalue weighted by atomic mass is 14.9. The first-order chi connectivity index (χ1) is 7.92. The van der Waals surface area contributed by atoms with Gasteiger partial charge in [0.2, 0.25) is 0 Å². The number of para-hydroxylation sites is 2. The highest BCUT2D eigenvalue weighted by molar-refractivity contribution is 5.74. The number of hydrogen-bond acceptors (Lipinski definition) is 2. The van der Waals surface area contributed by atoms with Gasteiger partial charge in [0, 0.05) is 18.8 Å². The summed E-state index contributed by atoms with van der Waals surface area (Å²) in [4.78, 5) is 11.8. The molecule has 0 bridgehead atoms. The maximum atomic E-state index is 4.53. The van der Waals surface area contributed by atoms with Gasteiger partial charge < -0.3 is 4.98 Å². The number of imidazole rings is 1. The maximum Gasteiger partial charge on any atom is 0.111 e. The molecular weight excluding hydrogens is 198 g/mol. The minimum Gasteiger partial charge on any atom is -0.342 e. The van der Waals surface area contributed by atoms with Crippen LogP contribution in [0.3, 0.4) is 0 Å². The summed E-state index contributed by atoms with van der Waals surface area (Å²) < 4.78 is 0. The molecule has 0 aliphatic heterocycles. The van der Waals surface area contributed by atoms with E-state index < -0.39 is 0 Å². The number of rotatable bonds is 2. The molecule has 2 heterocycles. The van der Waals surface area contributed by atoms with Crippen molar-refractivity contribution in [3.05, 3.63) is 60.2 Å². The normalized spacial score (nSPS) is 10.8. The number of nitrogens with zero attached hydrogens (tertiary/aromatic N) is 2. The predicted octanol–water partition coefficient (Wildman–Crippen LogP) is 2.55. The maximum absolute atomic E-state index is 4.53. The molecule has 16 heavy (non-hydrogen) atoms. The summed E-state index contributed by atoms with van der Waals surface area (Å²) >= 11 is 0. The lowest BCUT2D eigenvalue weighted by Crippen LogP contribution is -1.90. The summed E-state index contributed by atoms with van der Waals surface area (Å²) in [5, 5.41) is 0. The van der Waals surface area contributed by atoms with Crippen molar-refractivity contribution in [3.63, 3.8) is 0 Å². The van der Waals surface area contributed by atoms with Gasteiger partial charge in [0.1, 0.15) is 5.82 Å². The number of aromatic nitrogens is 3. The van der Waals surface area contributed by atoms with Gasteiger partial charge in [0.05, 0.1) is 11.0 Å².